The normalized spacial score (nSPS) is 11.1. The maximum Gasteiger partial charge on any atom is 0.200 e. The Bertz CT molecular complexity index is 859. The number of rotatable bonds is 3. The number of hydrogen-bond acceptors (Lipinski definition) is 3. The largest absolute Gasteiger partial charge is 0.456 e. The molecule has 3 aromatic rings. The van der Waals surface area contributed by atoms with E-state index in [1.54, 1.807) is 30.3 Å². The van der Waals surface area contributed by atoms with Crippen molar-refractivity contribution in [1.29, 1.82) is 0 Å². The molecule has 3 heteroatoms. The summed E-state index contributed by atoms with van der Waals surface area (Å²) in [4.78, 5) is 12.5. The molecule has 1 N–H and O–H groups in total. The maximum atomic E-state index is 12.5. The molecule has 0 unspecified atom stereocenters. The Morgan fingerprint density at radius 3 is 2.70 bits per heavy atom. The lowest BCUT2D eigenvalue weighted by Gasteiger charge is -2.09. The van der Waals surface area contributed by atoms with Gasteiger partial charge in [0.1, 0.15) is 11.2 Å². The molecule has 0 aliphatic rings. The van der Waals surface area contributed by atoms with E-state index in [2.05, 4.69) is 6.58 Å². The number of allylic oxidation sites excluding steroid dienone is 1. The first-order valence-electron chi connectivity index (χ1n) is 6.44. The van der Waals surface area contributed by atoms with E-state index in [1.165, 1.54) is 0 Å². The van der Waals surface area contributed by atoms with Crippen LogP contribution in [0.2, 0.25) is 0 Å². The highest BCUT2D eigenvalue weighted by molar-refractivity contribution is 5.91. The highest BCUT2D eigenvalue weighted by Gasteiger charge is 2.13. The van der Waals surface area contributed by atoms with Crippen molar-refractivity contribution in [2.24, 2.45) is 0 Å². The number of aliphatic hydroxyl groups is 1. The van der Waals surface area contributed by atoms with E-state index in [4.69, 9.17) is 4.42 Å². The predicted octanol–water partition coefficient (Wildman–Crippen LogP) is 3.17. The summed E-state index contributed by atoms with van der Waals surface area (Å²) in [5.41, 5.74) is 2.64. The number of para-hydroxylation sites is 1. The second-order valence-corrected chi connectivity index (χ2v) is 4.66. The summed E-state index contributed by atoms with van der Waals surface area (Å²) >= 11 is 0. The minimum Gasteiger partial charge on any atom is -0.456 e. The van der Waals surface area contributed by atoms with E-state index in [-0.39, 0.29) is 12.0 Å². The van der Waals surface area contributed by atoms with Gasteiger partial charge >= 0.3 is 0 Å². The van der Waals surface area contributed by atoms with Crippen LogP contribution in [0.1, 0.15) is 11.1 Å². The molecule has 0 saturated carbocycles. The summed E-state index contributed by atoms with van der Waals surface area (Å²) in [6.07, 6.45) is 2.29. The molecule has 0 aliphatic heterocycles. The highest BCUT2D eigenvalue weighted by Crippen LogP contribution is 2.25. The van der Waals surface area contributed by atoms with Crippen LogP contribution < -0.4 is 5.43 Å². The van der Waals surface area contributed by atoms with Gasteiger partial charge < -0.3 is 9.52 Å². The van der Waals surface area contributed by atoms with Crippen molar-refractivity contribution in [1.82, 2.24) is 0 Å². The number of hydrogen-bond donors (Lipinski definition) is 1. The molecule has 0 aliphatic carbocycles. The van der Waals surface area contributed by atoms with Gasteiger partial charge in [-0.1, -0.05) is 24.3 Å². The van der Waals surface area contributed by atoms with Gasteiger partial charge in [0, 0.05) is 5.56 Å². The van der Waals surface area contributed by atoms with Crippen LogP contribution >= 0.6 is 0 Å². The number of benzene rings is 2. The fourth-order valence-corrected chi connectivity index (χ4v) is 2.48. The molecule has 3 nitrogen and oxygen atoms in total. The van der Waals surface area contributed by atoms with Gasteiger partial charge in [-0.25, -0.2) is 0 Å². The second-order valence-electron chi connectivity index (χ2n) is 4.66. The molecule has 2 aromatic carbocycles. The van der Waals surface area contributed by atoms with Crippen molar-refractivity contribution in [3.63, 3.8) is 0 Å². The summed E-state index contributed by atoms with van der Waals surface area (Å²) in [5.74, 6) is 0. The van der Waals surface area contributed by atoms with Crippen LogP contribution in [0.15, 0.2) is 58.3 Å². The molecule has 0 radical (unpaired) electrons. The minimum atomic E-state index is -0.0876. The summed E-state index contributed by atoms with van der Waals surface area (Å²) in [6, 6.07) is 10.7. The lowest BCUT2D eigenvalue weighted by atomic mass is 10.0. The molecule has 0 bridgehead atoms. The average Bonchev–Trinajstić information content (AvgIpc) is 2.48. The fourth-order valence-electron chi connectivity index (χ4n) is 2.48. The lowest BCUT2D eigenvalue weighted by molar-refractivity contribution is 0.281. The Morgan fingerprint density at radius 1 is 1.15 bits per heavy atom. The van der Waals surface area contributed by atoms with Gasteiger partial charge in [0.15, 0.2) is 0 Å². The molecule has 0 atom stereocenters. The zero-order valence-corrected chi connectivity index (χ0v) is 10.9. The third-order valence-corrected chi connectivity index (χ3v) is 3.46. The Labute approximate surface area is 115 Å². The Hall–Kier alpha value is -2.39. The zero-order chi connectivity index (χ0) is 14.1. The van der Waals surface area contributed by atoms with Gasteiger partial charge in [-0.15, -0.1) is 6.58 Å². The van der Waals surface area contributed by atoms with Crippen LogP contribution in [0.3, 0.4) is 0 Å². The first kappa shape index (κ1) is 12.6. The van der Waals surface area contributed by atoms with E-state index in [1.807, 2.05) is 12.1 Å². The molecule has 0 fully saturated rings. The van der Waals surface area contributed by atoms with Crippen molar-refractivity contribution >= 4 is 21.9 Å². The molecule has 1 aromatic heterocycles. The van der Waals surface area contributed by atoms with Gasteiger partial charge in [-0.3, -0.25) is 4.79 Å². The number of aliphatic hydroxyl groups excluding tert-OH is 1. The van der Waals surface area contributed by atoms with E-state index in [0.29, 0.717) is 28.4 Å². The molecule has 1 heterocycles. The Kier molecular flexibility index (Phi) is 3.12. The van der Waals surface area contributed by atoms with Gasteiger partial charge in [-0.2, -0.15) is 0 Å². The molecule has 0 saturated heterocycles. The van der Waals surface area contributed by atoms with Crippen molar-refractivity contribution in [2.45, 2.75) is 13.0 Å². The molecule has 20 heavy (non-hydrogen) atoms. The predicted molar refractivity (Wildman–Crippen MR) is 79.8 cm³/mol. The van der Waals surface area contributed by atoms with Crippen molar-refractivity contribution in [2.75, 3.05) is 0 Å². The van der Waals surface area contributed by atoms with Crippen LogP contribution in [-0.2, 0) is 13.0 Å². The highest BCUT2D eigenvalue weighted by atomic mass is 16.3. The first-order valence-corrected chi connectivity index (χ1v) is 6.44. The third kappa shape index (κ3) is 1.84. The summed E-state index contributed by atoms with van der Waals surface area (Å²) in [7, 11) is 0. The van der Waals surface area contributed by atoms with Crippen LogP contribution in [-0.4, -0.2) is 5.11 Å². The van der Waals surface area contributed by atoms with Crippen LogP contribution in [0.4, 0.5) is 0 Å². The second kappa shape index (κ2) is 4.94. The first-order chi connectivity index (χ1) is 9.76. The Balaban J connectivity index is 2.50. The van der Waals surface area contributed by atoms with Gasteiger partial charge in [-0.05, 0) is 30.2 Å². The van der Waals surface area contributed by atoms with E-state index >= 15 is 0 Å². The molecular weight excluding hydrogens is 252 g/mol. The quantitative estimate of drug-likeness (QED) is 0.585. The number of fused-ring (bicyclic) bond motifs is 2. The van der Waals surface area contributed by atoms with E-state index in [9.17, 15) is 9.90 Å². The molecule has 3 rings (SSSR count). The summed E-state index contributed by atoms with van der Waals surface area (Å²) in [5, 5.41) is 10.5. The average molecular weight is 266 g/mol. The summed E-state index contributed by atoms with van der Waals surface area (Å²) in [6.45, 7) is 3.63. The maximum absolute atomic E-state index is 12.5. The van der Waals surface area contributed by atoms with Crippen molar-refractivity contribution in [3.8, 4) is 0 Å². The topological polar surface area (TPSA) is 50.4 Å². The Morgan fingerprint density at radius 2 is 1.95 bits per heavy atom. The van der Waals surface area contributed by atoms with Gasteiger partial charge in [0.05, 0.1) is 17.4 Å². The van der Waals surface area contributed by atoms with Gasteiger partial charge in [0.2, 0.25) is 5.43 Å². The fraction of sp³-hybridized carbons (Fsp3) is 0.118. The standard InChI is InChI=1S/C17H14O3/c1-2-5-12-11(10-18)8-9-14-16(19)13-6-3-4-7-15(13)20-17(12)14/h2-4,6-9,18H,1,5,10H2. The van der Waals surface area contributed by atoms with Crippen LogP contribution in [0.5, 0.6) is 0 Å². The summed E-state index contributed by atoms with van der Waals surface area (Å²) < 4.78 is 5.89. The van der Waals surface area contributed by atoms with Crippen molar-refractivity contribution in [3.05, 3.63) is 70.4 Å². The molecule has 100 valence electrons. The zero-order valence-electron chi connectivity index (χ0n) is 10.9. The van der Waals surface area contributed by atoms with Crippen LogP contribution in [0.25, 0.3) is 21.9 Å². The molecule has 0 amide bonds. The molecular formula is C17H14O3. The third-order valence-electron chi connectivity index (χ3n) is 3.46. The monoisotopic (exact) mass is 266 g/mol. The minimum absolute atomic E-state index is 0.0448. The van der Waals surface area contributed by atoms with Crippen molar-refractivity contribution < 1.29 is 9.52 Å². The molecule has 0 spiro atoms. The smallest absolute Gasteiger partial charge is 0.200 e. The van der Waals surface area contributed by atoms with Crippen LogP contribution in [0, 0.1) is 0 Å². The van der Waals surface area contributed by atoms with Gasteiger partial charge in [0.25, 0.3) is 0 Å². The van der Waals surface area contributed by atoms with E-state index < -0.39 is 0 Å². The SMILES string of the molecule is C=CCc1c(CO)ccc2c(=O)c3ccccc3oc12. The van der Waals surface area contributed by atoms with E-state index in [0.717, 1.165) is 11.1 Å². The lowest BCUT2D eigenvalue weighted by Crippen LogP contribution is -2.05.